The Morgan fingerprint density at radius 1 is 1.30 bits per heavy atom. The van der Waals surface area contributed by atoms with Crippen LogP contribution in [0.4, 0.5) is 18.9 Å². The van der Waals surface area contributed by atoms with Crippen molar-refractivity contribution in [3.8, 4) is 0 Å². The molecule has 170 valence electrons. The fourth-order valence-corrected chi connectivity index (χ4v) is 3.19. The van der Waals surface area contributed by atoms with Crippen molar-refractivity contribution >= 4 is 45.3 Å². The lowest BCUT2D eigenvalue weighted by Crippen LogP contribution is -2.51. The van der Waals surface area contributed by atoms with E-state index in [4.69, 9.17) is 11.6 Å². The van der Waals surface area contributed by atoms with Gasteiger partial charge in [-0.2, -0.15) is 18.3 Å². The highest BCUT2D eigenvalue weighted by Crippen LogP contribution is 2.23. The summed E-state index contributed by atoms with van der Waals surface area (Å²) in [5.41, 5.74) is 2.44. The Hall–Kier alpha value is -1.48. The molecule has 0 aromatic heterocycles. The van der Waals surface area contributed by atoms with Crippen LogP contribution in [-0.4, -0.2) is 73.4 Å². The van der Waals surface area contributed by atoms with E-state index in [0.29, 0.717) is 12.4 Å². The van der Waals surface area contributed by atoms with E-state index in [0.717, 1.165) is 43.6 Å². The van der Waals surface area contributed by atoms with Gasteiger partial charge in [0.2, 0.25) is 5.91 Å². The third-order valence-corrected chi connectivity index (χ3v) is 5.28. The van der Waals surface area contributed by atoms with E-state index in [1.54, 1.807) is 11.2 Å². The lowest BCUT2D eigenvalue weighted by Gasteiger charge is -2.37. The number of amides is 1. The van der Waals surface area contributed by atoms with Gasteiger partial charge >= 0.3 is 6.18 Å². The summed E-state index contributed by atoms with van der Waals surface area (Å²) in [4.78, 5) is 16.8. The molecule has 1 amide bonds. The molecule has 1 heterocycles. The van der Waals surface area contributed by atoms with Crippen LogP contribution in [0, 0.1) is 6.92 Å². The lowest BCUT2D eigenvalue weighted by atomic mass is 10.2. The molecule has 0 radical (unpaired) electrons. The zero-order chi connectivity index (χ0) is 22.7. The predicted molar refractivity (Wildman–Crippen MR) is 120 cm³/mol. The van der Waals surface area contributed by atoms with Crippen LogP contribution in [0.25, 0.3) is 0 Å². The number of hydrogen-bond donors (Lipinski definition) is 0. The fraction of sp³-hybridized carbons (Fsp3) is 0.600. The van der Waals surface area contributed by atoms with E-state index >= 15 is 0 Å². The Bertz CT molecular complexity index is 689. The molecule has 1 aromatic carbocycles. The molecule has 5 nitrogen and oxygen atoms in total. The summed E-state index contributed by atoms with van der Waals surface area (Å²) in [5.74, 6) is 0.492. The van der Waals surface area contributed by atoms with Gasteiger partial charge in [-0.3, -0.25) is 9.80 Å². The van der Waals surface area contributed by atoms with Gasteiger partial charge in [-0.1, -0.05) is 22.9 Å². The first-order valence-corrected chi connectivity index (χ1v) is 11.1. The summed E-state index contributed by atoms with van der Waals surface area (Å²) in [5, 5.41) is 6.06. The molecule has 1 fully saturated rings. The standard InChI is InChI=1S/C18H26BrClN4O.C2H3F3/c1-3-8-24(21-7-6-20)14-18(25)23-11-9-22(10-12-23)16-4-5-17(19)15(2)13-16;1-2(3,4)5/h4-5,7,13H,3,6,8-12,14H2,1-2H3;1H3/b21-7-;. The lowest BCUT2D eigenvalue weighted by molar-refractivity contribution is -0.132. The molecule has 0 atom stereocenters. The molecule has 1 saturated heterocycles. The number of benzene rings is 1. The number of piperazine rings is 1. The molecule has 10 heteroatoms. The molecule has 0 bridgehead atoms. The van der Waals surface area contributed by atoms with Gasteiger partial charge in [0.25, 0.3) is 0 Å². The first-order chi connectivity index (χ1) is 14.0. The fourth-order valence-electron chi connectivity index (χ4n) is 2.88. The minimum absolute atomic E-state index is 0.131. The Morgan fingerprint density at radius 2 is 1.90 bits per heavy atom. The largest absolute Gasteiger partial charge is 0.386 e. The molecule has 0 N–H and O–H groups in total. The van der Waals surface area contributed by atoms with E-state index in [-0.39, 0.29) is 12.8 Å². The van der Waals surface area contributed by atoms with E-state index in [2.05, 4.69) is 58.0 Å². The van der Waals surface area contributed by atoms with Crippen LogP contribution in [-0.2, 0) is 4.79 Å². The van der Waals surface area contributed by atoms with Crippen LogP contribution in [0.15, 0.2) is 27.8 Å². The predicted octanol–water partition coefficient (Wildman–Crippen LogP) is 4.91. The van der Waals surface area contributed by atoms with Crippen molar-refractivity contribution in [2.45, 2.75) is 33.4 Å². The van der Waals surface area contributed by atoms with Crippen LogP contribution in [0.2, 0.25) is 0 Å². The van der Waals surface area contributed by atoms with Crippen molar-refractivity contribution in [1.29, 1.82) is 0 Å². The number of halogens is 5. The molecule has 1 aliphatic heterocycles. The molecular formula is C20H29BrClF3N4O. The molecule has 0 spiro atoms. The van der Waals surface area contributed by atoms with Crippen molar-refractivity contribution in [2.24, 2.45) is 5.10 Å². The second kappa shape index (κ2) is 13.0. The highest BCUT2D eigenvalue weighted by atomic mass is 79.9. The summed E-state index contributed by atoms with van der Waals surface area (Å²) in [6.07, 6.45) is -1.41. The first kappa shape index (κ1) is 26.6. The van der Waals surface area contributed by atoms with Gasteiger partial charge in [0.05, 0.1) is 5.88 Å². The van der Waals surface area contributed by atoms with Gasteiger partial charge in [-0.15, -0.1) is 11.6 Å². The SMILES string of the molecule is CC(F)(F)F.CCCN(CC(=O)N1CCN(c2ccc(Br)c(C)c2)CC1)/N=C\CCl. The van der Waals surface area contributed by atoms with E-state index in [9.17, 15) is 18.0 Å². The maximum atomic E-state index is 12.5. The Labute approximate surface area is 190 Å². The third kappa shape index (κ3) is 10.5. The van der Waals surface area contributed by atoms with Gasteiger partial charge in [-0.25, -0.2) is 0 Å². The first-order valence-electron chi connectivity index (χ1n) is 9.74. The average molecular weight is 514 g/mol. The zero-order valence-electron chi connectivity index (χ0n) is 17.6. The summed E-state index contributed by atoms with van der Waals surface area (Å²) in [7, 11) is 0. The Balaban J connectivity index is 0.000000804. The van der Waals surface area contributed by atoms with Crippen molar-refractivity contribution < 1.29 is 18.0 Å². The Kier molecular flexibility index (Phi) is 11.5. The molecule has 0 aliphatic carbocycles. The number of hydrogen-bond acceptors (Lipinski definition) is 4. The quantitative estimate of drug-likeness (QED) is 0.295. The number of hydrazone groups is 1. The third-order valence-electron chi connectivity index (χ3n) is 4.25. The maximum Gasteiger partial charge on any atom is 0.386 e. The molecule has 1 aromatic rings. The number of nitrogens with zero attached hydrogens (tertiary/aromatic N) is 4. The van der Waals surface area contributed by atoms with E-state index < -0.39 is 6.18 Å². The monoisotopic (exact) mass is 512 g/mol. The van der Waals surface area contributed by atoms with Crippen molar-refractivity contribution in [1.82, 2.24) is 9.91 Å². The minimum atomic E-state index is -4.00. The van der Waals surface area contributed by atoms with E-state index in [1.807, 2.05) is 4.90 Å². The zero-order valence-corrected chi connectivity index (χ0v) is 19.9. The van der Waals surface area contributed by atoms with E-state index in [1.165, 1.54) is 11.3 Å². The van der Waals surface area contributed by atoms with Crippen molar-refractivity contribution in [3.63, 3.8) is 0 Å². The van der Waals surface area contributed by atoms with Crippen LogP contribution in [0.1, 0.15) is 25.8 Å². The number of anilines is 1. The average Bonchev–Trinajstić information content (AvgIpc) is 2.67. The van der Waals surface area contributed by atoms with Crippen molar-refractivity contribution in [2.75, 3.05) is 50.0 Å². The smallest absolute Gasteiger partial charge is 0.368 e. The van der Waals surface area contributed by atoms with Crippen LogP contribution < -0.4 is 4.90 Å². The van der Waals surface area contributed by atoms with Gasteiger partial charge in [0.1, 0.15) is 6.54 Å². The molecule has 2 rings (SSSR count). The van der Waals surface area contributed by atoms with Gasteiger partial charge in [0, 0.05) is 56.0 Å². The van der Waals surface area contributed by atoms with Gasteiger partial charge in [-0.05, 0) is 37.1 Å². The second-order valence-electron chi connectivity index (χ2n) is 6.92. The molecular weight excluding hydrogens is 485 g/mol. The maximum absolute atomic E-state index is 12.5. The summed E-state index contributed by atoms with van der Waals surface area (Å²) in [6.45, 7) is 8.63. The Morgan fingerprint density at radius 3 is 2.40 bits per heavy atom. The highest BCUT2D eigenvalue weighted by molar-refractivity contribution is 9.10. The number of carbonyl (C=O) groups is 1. The molecule has 0 saturated carbocycles. The number of rotatable bonds is 7. The van der Waals surface area contributed by atoms with Crippen LogP contribution >= 0.6 is 27.5 Å². The number of carbonyl (C=O) groups excluding carboxylic acids is 1. The number of aryl methyl sites for hydroxylation is 1. The topological polar surface area (TPSA) is 39.2 Å². The molecule has 1 aliphatic rings. The summed E-state index contributed by atoms with van der Waals surface area (Å²) < 4.78 is 32.2. The summed E-state index contributed by atoms with van der Waals surface area (Å²) >= 11 is 9.19. The van der Waals surface area contributed by atoms with Crippen LogP contribution in [0.5, 0.6) is 0 Å². The highest BCUT2D eigenvalue weighted by Gasteiger charge is 2.22. The van der Waals surface area contributed by atoms with Crippen LogP contribution in [0.3, 0.4) is 0 Å². The number of alkyl halides is 4. The normalized spacial score (nSPS) is 14.5. The summed E-state index contributed by atoms with van der Waals surface area (Å²) in [6, 6.07) is 6.39. The molecule has 30 heavy (non-hydrogen) atoms. The van der Waals surface area contributed by atoms with Crippen molar-refractivity contribution in [3.05, 3.63) is 28.2 Å². The minimum Gasteiger partial charge on any atom is -0.368 e. The van der Waals surface area contributed by atoms with Gasteiger partial charge in [0.15, 0.2) is 0 Å². The second-order valence-corrected chi connectivity index (χ2v) is 8.09. The van der Waals surface area contributed by atoms with Gasteiger partial charge < -0.3 is 9.80 Å². The molecule has 0 unspecified atom stereocenters.